The number of cyclic esters (lactones) is 1. The van der Waals surface area contributed by atoms with Gasteiger partial charge in [0.25, 0.3) is 0 Å². The number of anilines is 1. The van der Waals surface area contributed by atoms with Crippen LogP contribution < -0.4 is 4.90 Å². The molecule has 1 atom stereocenters. The number of rotatable bonds is 3. The highest BCUT2D eigenvalue weighted by Gasteiger charge is 2.46. The van der Waals surface area contributed by atoms with Crippen molar-refractivity contribution < 1.29 is 14.6 Å². The summed E-state index contributed by atoms with van der Waals surface area (Å²) in [6, 6.07) is 7.88. The molecule has 0 radical (unpaired) electrons. The third-order valence-corrected chi connectivity index (χ3v) is 4.48. The van der Waals surface area contributed by atoms with Crippen molar-refractivity contribution in [3.63, 3.8) is 0 Å². The Morgan fingerprint density at radius 3 is 2.80 bits per heavy atom. The Balaban J connectivity index is 1.88. The van der Waals surface area contributed by atoms with Crippen molar-refractivity contribution in [3.05, 3.63) is 28.2 Å². The second kappa shape index (κ2) is 4.76. The number of carbonyl (C=O) groups is 1. The highest BCUT2D eigenvalue weighted by Crippen LogP contribution is 2.50. The first-order valence-electron chi connectivity index (χ1n) is 6.40. The minimum atomic E-state index is -0.477. The first-order valence-corrected chi connectivity index (χ1v) is 7.19. The lowest BCUT2D eigenvalue weighted by Crippen LogP contribution is -2.25. The van der Waals surface area contributed by atoms with Gasteiger partial charge in [-0.05, 0) is 30.5 Å². The van der Waals surface area contributed by atoms with Crippen LogP contribution in [0.25, 0.3) is 0 Å². The van der Waals surface area contributed by atoms with E-state index in [-0.39, 0.29) is 12.0 Å². The molecule has 2 fully saturated rings. The van der Waals surface area contributed by atoms with E-state index in [9.17, 15) is 10.1 Å². The van der Waals surface area contributed by atoms with Crippen LogP contribution in [0.4, 0.5) is 10.5 Å². The molecule has 3 rings (SSSR count). The van der Waals surface area contributed by atoms with Crippen LogP contribution in [0.3, 0.4) is 0 Å². The molecular formula is C14H13BrN2O3. The standard InChI is InChI=1S/C14H13BrN2O3/c15-12-5-9(17-6-10(7-18)20-13(17)19)1-2-11(12)14(8-16)3-4-14/h1-2,5,10,18H,3-4,6-7H2/t10-/m1/s1. The molecule has 1 heterocycles. The third kappa shape index (κ3) is 2.07. The van der Waals surface area contributed by atoms with Crippen LogP contribution in [0.2, 0.25) is 0 Å². The number of aliphatic hydroxyl groups excluding tert-OH is 1. The van der Waals surface area contributed by atoms with Crippen LogP contribution >= 0.6 is 15.9 Å². The first-order chi connectivity index (χ1) is 9.59. The largest absolute Gasteiger partial charge is 0.441 e. The van der Waals surface area contributed by atoms with Gasteiger partial charge >= 0.3 is 6.09 Å². The molecular weight excluding hydrogens is 324 g/mol. The molecule has 0 spiro atoms. The predicted octanol–water partition coefficient (Wildman–Crippen LogP) is 2.32. The molecule has 104 valence electrons. The molecule has 1 aliphatic heterocycles. The quantitative estimate of drug-likeness (QED) is 0.919. The minimum absolute atomic E-state index is 0.182. The molecule has 0 bridgehead atoms. The van der Waals surface area contributed by atoms with Gasteiger partial charge in [0.1, 0.15) is 6.10 Å². The highest BCUT2D eigenvalue weighted by molar-refractivity contribution is 9.10. The van der Waals surface area contributed by atoms with E-state index in [2.05, 4.69) is 22.0 Å². The van der Waals surface area contributed by atoms with Crippen LogP contribution in [0.1, 0.15) is 18.4 Å². The molecule has 1 saturated heterocycles. The van der Waals surface area contributed by atoms with Gasteiger partial charge in [-0.2, -0.15) is 5.26 Å². The van der Waals surface area contributed by atoms with Crippen molar-refractivity contribution in [2.45, 2.75) is 24.4 Å². The molecule has 0 aromatic heterocycles. The molecule has 1 aromatic rings. The van der Waals surface area contributed by atoms with E-state index in [1.54, 1.807) is 0 Å². The van der Waals surface area contributed by atoms with Crippen molar-refractivity contribution in [2.24, 2.45) is 0 Å². The van der Waals surface area contributed by atoms with E-state index in [1.165, 1.54) is 4.90 Å². The molecule has 20 heavy (non-hydrogen) atoms. The molecule has 1 amide bonds. The fourth-order valence-electron chi connectivity index (χ4n) is 2.45. The van der Waals surface area contributed by atoms with Crippen molar-refractivity contribution in [1.82, 2.24) is 0 Å². The van der Waals surface area contributed by atoms with Gasteiger partial charge in [0.05, 0.1) is 24.6 Å². The Hall–Kier alpha value is -1.58. The monoisotopic (exact) mass is 336 g/mol. The van der Waals surface area contributed by atoms with E-state index in [0.717, 1.165) is 22.9 Å². The molecule has 1 aliphatic carbocycles. The summed E-state index contributed by atoms with van der Waals surface area (Å²) >= 11 is 3.48. The van der Waals surface area contributed by atoms with Crippen LogP contribution in [0, 0.1) is 11.3 Å². The van der Waals surface area contributed by atoms with Gasteiger partial charge in [0.2, 0.25) is 0 Å². The Morgan fingerprint density at radius 1 is 1.55 bits per heavy atom. The van der Waals surface area contributed by atoms with Crippen LogP contribution in [-0.2, 0) is 10.2 Å². The molecule has 2 aliphatic rings. The molecule has 1 N–H and O–H groups in total. The van der Waals surface area contributed by atoms with Crippen LogP contribution in [0.5, 0.6) is 0 Å². The lowest BCUT2D eigenvalue weighted by atomic mass is 9.97. The Morgan fingerprint density at radius 2 is 2.30 bits per heavy atom. The van der Waals surface area contributed by atoms with E-state index < -0.39 is 12.2 Å². The summed E-state index contributed by atoms with van der Waals surface area (Å²) in [4.78, 5) is 13.2. The number of carbonyl (C=O) groups excluding carboxylic acids is 1. The molecule has 1 aromatic carbocycles. The zero-order chi connectivity index (χ0) is 14.3. The summed E-state index contributed by atoms with van der Waals surface area (Å²) in [6.07, 6.45) is 0.819. The van der Waals surface area contributed by atoms with Crippen molar-refractivity contribution in [2.75, 3.05) is 18.1 Å². The number of ether oxygens (including phenoxy) is 1. The number of nitriles is 1. The topological polar surface area (TPSA) is 73.6 Å². The second-order valence-electron chi connectivity index (χ2n) is 5.16. The van der Waals surface area contributed by atoms with Gasteiger partial charge in [0.15, 0.2) is 0 Å². The summed E-state index contributed by atoms with van der Waals surface area (Å²) in [5.74, 6) is 0. The first kappa shape index (κ1) is 13.4. The fraction of sp³-hybridized carbons (Fsp3) is 0.429. The van der Waals surface area contributed by atoms with Gasteiger partial charge in [-0.3, -0.25) is 4.90 Å². The van der Waals surface area contributed by atoms with Crippen LogP contribution in [0.15, 0.2) is 22.7 Å². The fourth-order valence-corrected chi connectivity index (χ4v) is 3.20. The number of benzene rings is 1. The average Bonchev–Trinajstić information content (AvgIpc) is 3.15. The number of hydrogen-bond donors (Lipinski definition) is 1. The maximum absolute atomic E-state index is 11.7. The third-order valence-electron chi connectivity index (χ3n) is 3.82. The lowest BCUT2D eigenvalue weighted by Gasteiger charge is -2.16. The summed E-state index contributed by atoms with van der Waals surface area (Å²) in [5, 5.41) is 18.3. The van der Waals surface area contributed by atoms with E-state index in [1.807, 2.05) is 18.2 Å². The van der Waals surface area contributed by atoms with Gasteiger partial charge in [-0.1, -0.05) is 22.0 Å². The summed E-state index contributed by atoms with van der Waals surface area (Å²) < 4.78 is 5.85. The van der Waals surface area contributed by atoms with E-state index in [0.29, 0.717) is 12.2 Å². The smallest absolute Gasteiger partial charge is 0.414 e. The summed E-state index contributed by atoms with van der Waals surface area (Å²) in [6.45, 7) is 0.156. The highest BCUT2D eigenvalue weighted by atomic mass is 79.9. The van der Waals surface area contributed by atoms with E-state index in [4.69, 9.17) is 9.84 Å². The second-order valence-corrected chi connectivity index (χ2v) is 6.01. The summed E-state index contributed by atoms with van der Waals surface area (Å²) in [5.41, 5.74) is 1.31. The lowest BCUT2D eigenvalue weighted by molar-refractivity contribution is 0.0963. The number of hydrogen-bond acceptors (Lipinski definition) is 4. The Kier molecular flexibility index (Phi) is 3.19. The maximum Gasteiger partial charge on any atom is 0.414 e. The molecule has 5 nitrogen and oxygen atoms in total. The van der Waals surface area contributed by atoms with Crippen LogP contribution in [-0.4, -0.2) is 30.5 Å². The predicted molar refractivity (Wildman–Crippen MR) is 75.4 cm³/mol. The number of halogens is 1. The van der Waals surface area contributed by atoms with Crippen molar-refractivity contribution >= 4 is 27.7 Å². The average molecular weight is 337 g/mol. The number of aliphatic hydroxyl groups is 1. The maximum atomic E-state index is 11.7. The van der Waals surface area contributed by atoms with Crippen molar-refractivity contribution in [3.8, 4) is 6.07 Å². The number of nitrogens with zero attached hydrogens (tertiary/aromatic N) is 2. The Labute approximate surface area is 124 Å². The SMILES string of the molecule is N#CC1(c2ccc(N3C[C@H](CO)OC3=O)cc2Br)CC1. The zero-order valence-corrected chi connectivity index (χ0v) is 12.3. The normalized spacial score (nSPS) is 23.4. The molecule has 0 unspecified atom stereocenters. The molecule has 6 heteroatoms. The van der Waals surface area contributed by atoms with Gasteiger partial charge in [0, 0.05) is 10.2 Å². The zero-order valence-electron chi connectivity index (χ0n) is 10.7. The molecule has 1 saturated carbocycles. The van der Waals surface area contributed by atoms with Gasteiger partial charge in [-0.25, -0.2) is 4.79 Å². The van der Waals surface area contributed by atoms with E-state index >= 15 is 0 Å². The van der Waals surface area contributed by atoms with Gasteiger partial charge < -0.3 is 9.84 Å². The van der Waals surface area contributed by atoms with Gasteiger partial charge in [-0.15, -0.1) is 0 Å². The minimum Gasteiger partial charge on any atom is -0.441 e. The number of amides is 1. The Bertz CT molecular complexity index is 607. The van der Waals surface area contributed by atoms with Crippen molar-refractivity contribution in [1.29, 1.82) is 5.26 Å². The summed E-state index contributed by atoms with van der Waals surface area (Å²) in [7, 11) is 0.